The van der Waals surface area contributed by atoms with Gasteiger partial charge in [0.2, 0.25) is 0 Å². The molecule has 0 saturated carbocycles. The van der Waals surface area contributed by atoms with Crippen LogP contribution in [0.25, 0.3) is 0 Å². The van der Waals surface area contributed by atoms with E-state index in [9.17, 15) is 13.2 Å². The summed E-state index contributed by atoms with van der Waals surface area (Å²) in [5, 5.41) is 3.41. The Hall–Kier alpha value is -0.880. The average Bonchev–Trinajstić information content (AvgIpc) is 2.80. The maximum Gasteiger partial charge on any atom is 0.254 e. The third-order valence-corrected chi connectivity index (χ3v) is 5.47. The standard InChI is InChI=1S/C11H15NO3S2/c1-17(14,15)10-2-5-12(6-3-10)11(13)9-4-7-16-8-9/h4,7-8,10H,2-3,5-6H2,1H3. The molecule has 1 fully saturated rings. The fourth-order valence-corrected chi connectivity index (χ4v) is 3.75. The van der Waals surface area contributed by atoms with Crippen LogP contribution in [0, 0.1) is 0 Å². The maximum absolute atomic E-state index is 12.0. The van der Waals surface area contributed by atoms with Crippen LogP contribution in [0.5, 0.6) is 0 Å². The van der Waals surface area contributed by atoms with Crippen LogP contribution in [0.15, 0.2) is 16.8 Å². The van der Waals surface area contributed by atoms with Crippen LogP contribution in [0.3, 0.4) is 0 Å². The molecule has 17 heavy (non-hydrogen) atoms. The molecule has 0 atom stereocenters. The molecule has 0 bridgehead atoms. The lowest BCUT2D eigenvalue weighted by molar-refractivity contribution is 0.0726. The van der Waals surface area contributed by atoms with Crippen LogP contribution in [0.1, 0.15) is 23.2 Å². The summed E-state index contributed by atoms with van der Waals surface area (Å²) in [5.41, 5.74) is 0.702. The Morgan fingerprint density at radius 2 is 2.06 bits per heavy atom. The molecule has 1 aromatic rings. The molecule has 4 nitrogen and oxygen atoms in total. The summed E-state index contributed by atoms with van der Waals surface area (Å²) in [7, 11) is -2.96. The van der Waals surface area contributed by atoms with Crippen LogP contribution < -0.4 is 0 Å². The van der Waals surface area contributed by atoms with Crippen LogP contribution >= 0.6 is 11.3 Å². The van der Waals surface area contributed by atoms with Crippen molar-refractivity contribution >= 4 is 27.1 Å². The fraction of sp³-hybridized carbons (Fsp3) is 0.545. The van der Waals surface area contributed by atoms with Gasteiger partial charge in [-0.2, -0.15) is 11.3 Å². The van der Waals surface area contributed by atoms with E-state index in [0.717, 1.165) is 0 Å². The summed E-state index contributed by atoms with van der Waals surface area (Å²) in [4.78, 5) is 13.7. The molecular formula is C11H15NO3S2. The number of carbonyl (C=O) groups excluding carboxylic acids is 1. The first-order valence-electron chi connectivity index (χ1n) is 5.49. The van der Waals surface area contributed by atoms with Gasteiger partial charge in [0.25, 0.3) is 5.91 Å². The predicted molar refractivity (Wildman–Crippen MR) is 68.1 cm³/mol. The van der Waals surface area contributed by atoms with E-state index < -0.39 is 9.84 Å². The Morgan fingerprint density at radius 1 is 1.41 bits per heavy atom. The minimum absolute atomic E-state index is 0.0122. The van der Waals surface area contributed by atoms with Crippen molar-refractivity contribution in [3.8, 4) is 0 Å². The Balaban J connectivity index is 1.98. The molecule has 1 aliphatic rings. The van der Waals surface area contributed by atoms with E-state index in [-0.39, 0.29) is 11.2 Å². The van der Waals surface area contributed by atoms with E-state index in [1.165, 1.54) is 17.6 Å². The Bertz CT molecular complexity index is 485. The van der Waals surface area contributed by atoms with E-state index in [1.807, 2.05) is 10.8 Å². The topological polar surface area (TPSA) is 54.5 Å². The minimum atomic E-state index is -2.96. The van der Waals surface area contributed by atoms with Crippen molar-refractivity contribution in [2.24, 2.45) is 0 Å². The second-order valence-corrected chi connectivity index (χ2v) is 7.44. The Morgan fingerprint density at radius 3 is 2.53 bits per heavy atom. The second-order valence-electron chi connectivity index (χ2n) is 4.33. The van der Waals surface area contributed by atoms with E-state index in [2.05, 4.69) is 0 Å². The number of rotatable bonds is 2. The average molecular weight is 273 g/mol. The molecule has 1 saturated heterocycles. The molecule has 6 heteroatoms. The molecule has 0 radical (unpaired) electrons. The highest BCUT2D eigenvalue weighted by Gasteiger charge is 2.29. The second kappa shape index (κ2) is 4.78. The molecule has 1 aromatic heterocycles. The van der Waals surface area contributed by atoms with E-state index >= 15 is 0 Å². The quantitative estimate of drug-likeness (QED) is 0.818. The van der Waals surface area contributed by atoms with Crippen LogP contribution in [-0.4, -0.2) is 43.8 Å². The van der Waals surface area contributed by atoms with Gasteiger partial charge in [-0.1, -0.05) is 0 Å². The number of carbonyl (C=O) groups is 1. The molecule has 94 valence electrons. The Labute approximate surface area is 105 Å². The lowest BCUT2D eigenvalue weighted by Crippen LogP contribution is -2.42. The SMILES string of the molecule is CS(=O)(=O)C1CCN(C(=O)c2ccsc2)CC1. The predicted octanol–water partition coefficient (Wildman–Crippen LogP) is 1.40. The minimum Gasteiger partial charge on any atom is -0.339 e. The number of amides is 1. The smallest absolute Gasteiger partial charge is 0.254 e. The highest BCUT2D eigenvalue weighted by atomic mass is 32.2. The van der Waals surface area contributed by atoms with Crippen molar-refractivity contribution in [2.45, 2.75) is 18.1 Å². The highest BCUT2D eigenvalue weighted by Crippen LogP contribution is 2.19. The lowest BCUT2D eigenvalue weighted by Gasteiger charge is -2.30. The molecule has 2 heterocycles. The summed E-state index contributed by atoms with van der Waals surface area (Å²) in [6, 6.07) is 1.80. The maximum atomic E-state index is 12.0. The van der Waals surface area contributed by atoms with Gasteiger partial charge in [-0.15, -0.1) is 0 Å². The van der Waals surface area contributed by atoms with E-state index in [4.69, 9.17) is 0 Å². The third kappa shape index (κ3) is 2.87. The number of nitrogens with zero attached hydrogens (tertiary/aromatic N) is 1. The first-order valence-corrected chi connectivity index (χ1v) is 8.38. The monoisotopic (exact) mass is 273 g/mol. The molecule has 1 amide bonds. The van der Waals surface area contributed by atoms with Gasteiger partial charge < -0.3 is 4.90 Å². The third-order valence-electron chi connectivity index (χ3n) is 3.10. The van der Waals surface area contributed by atoms with E-state index in [0.29, 0.717) is 31.5 Å². The van der Waals surface area contributed by atoms with Crippen molar-refractivity contribution in [2.75, 3.05) is 19.3 Å². The first-order chi connectivity index (χ1) is 7.98. The van der Waals surface area contributed by atoms with Gasteiger partial charge in [0.05, 0.1) is 10.8 Å². The zero-order chi connectivity index (χ0) is 12.5. The molecule has 0 N–H and O–H groups in total. The van der Waals surface area contributed by atoms with Crippen LogP contribution in [0.4, 0.5) is 0 Å². The van der Waals surface area contributed by atoms with Gasteiger partial charge in [-0.25, -0.2) is 8.42 Å². The van der Waals surface area contributed by atoms with Crippen molar-refractivity contribution in [3.05, 3.63) is 22.4 Å². The number of hydrogen-bond acceptors (Lipinski definition) is 4. The molecule has 0 aliphatic carbocycles. The number of sulfone groups is 1. The first kappa shape index (κ1) is 12.6. The summed E-state index contributed by atoms with van der Waals surface area (Å²) in [5.74, 6) is 0.0122. The lowest BCUT2D eigenvalue weighted by atomic mass is 10.1. The summed E-state index contributed by atoms with van der Waals surface area (Å²) in [6.45, 7) is 1.07. The van der Waals surface area contributed by atoms with Gasteiger partial charge in [0.1, 0.15) is 9.84 Å². The summed E-state index contributed by atoms with van der Waals surface area (Å²) >= 11 is 1.49. The molecular weight excluding hydrogens is 258 g/mol. The molecule has 0 unspecified atom stereocenters. The molecule has 1 aliphatic heterocycles. The zero-order valence-electron chi connectivity index (χ0n) is 9.63. The summed E-state index contributed by atoms with van der Waals surface area (Å²) in [6.07, 6.45) is 2.37. The normalized spacial score (nSPS) is 18.3. The van der Waals surface area contributed by atoms with Gasteiger partial charge in [-0.3, -0.25) is 4.79 Å². The fourth-order valence-electron chi connectivity index (χ4n) is 2.06. The molecule has 0 aromatic carbocycles. The van der Waals surface area contributed by atoms with Crippen LogP contribution in [0.2, 0.25) is 0 Å². The van der Waals surface area contributed by atoms with E-state index in [1.54, 1.807) is 11.0 Å². The van der Waals surface area contributed by atoms with Crippen molar-refractivity contribution in [1.82, 2.24) is 4.90 Å². The zero-order valence-corrected chi connectivity index (χ0v) is 11.3. The number of likely N-dealkylation sites (tertiary alicyclic amines) is 1. The largest absolute Gasteiger partial charge is 0.339 e. The van der Waals surface area contributed by atoms with Gasteiger partial charge in [0, 0.05) is 24.7 Å². The Kier molecular flexibility index (Phi) is 3.53. The number of hydrogen-bond donors (Lipinski definition) is 0. The van der Waals surface area contributed by atoms with Crippen molar-refractivity contribution < 1.29 is 13.2 Å². The molecule has 2 rings (SSSR count). The number of thiophene rings is 1. The molecule has 0 spiro atoms. The van der Waals surface area contributed by atoms with Crippen molar-refractivity contribution in [1.29, 1.82) is 0 Å². The van der Waals surface area contributed by atoms with Gasteiger partial charge in [-0.05, 0) is 24.3 Å². The van der Waals surface area contributed by atoms with Gasteiger partial charge >= 0.3 is 0 Å². The number of piperidine rings is 1. The van der Waals surface area contributed by atoms with Crippen LogP contribution in [-0.2, 0) is 9.84 Å². The summed E-state index contributed by atoms with van der Waals surface area (Å²) < 4.78 is 22.8. The van der Waals surface area contributed by atoms with Crippen molar-refractivity contribution in [3.63, 3.8) is 0 Å². The highest BCUT2D eigenvalue weighted by molar-refractivity contribution is 7.91. The van der Waals surface area contributed by atoms with Gasteiger partial charge in [0.15, 0.2) is 0 Å².